The first kappa shape index (κ1) is 21.8. The van der Waals surface area contributed by atoms with Crippen LogP contribution in [0.4, 0.5) is 10.2 Å². The molecule has 10 heteroatoms. The van der Waals surface area contributed by atoms with Crippen LogP contribution in [0.25, 0.3) is 32.9 Å². The lowest BCUT2D eigenvalue weighted by Gasteiger charge is -2.35. The third-order valence-corrected chi connectivity index (χ3v) is 6.41. The number of anilines is 1. The van der Waals surface area contributed by atoms with Gasteiger partial charge in [0.1, 0.15) is 17.4 Å². The van der Waals surface area contributed by atoms with Crippen molar-refractivity contribution in [3.05, 3.63) is 59.3 Å². The summed E-state index contributed by atoms with van der Waals surface area (Å²) < 4.78 is 16.1. The number of nitrogens with one attached hydrogen (secondary N) is 1. The predicted octanol–water partition coefficient (Wildman–Crippen LogP) is 3.98. The van der Waals surface area contributed by atoms with Crippen LogP contribution < -0.4 is 4.90 Å². The summed E-state index contributed by atoms with van der Waals surface area (Å²) in [5.74, 6) is -0.497. The number of amides is 1. The number of aromatic amines is 1. The first-order valence-corrected chi connectivity index (χ1v) is 11.0. The lowest BCUT2D eigenvalue weighted by Crippen LogP contribution is -2.48. The Morgan fingerprint density at radius 2 is 2.00 bits per heavy atom. The van der Waals surface area contributed by atoms with Crippen molar-refractivity contribution in [1.82, 2.24) is 25.1 Å². The minimum absolute atomic E-state index is 0.0189. The fourth-order valence-electron chi connectivity index (χ4n) is 4.43. The number of aromatic nitrogens is 4. The smallest absolute Gasteiger partial charge is 0.246 e. The van der Waals surface area contributed by atoms with Crippen molar-refractivity contribution in [1.29, 1.82) is 5.26 Å². The summed E-state index contributed by atoms with van der Waals surface area (Å²) >= 11 is 6.68. The Morgan fingerprint density at radius 3 is 2.71 bits per heavy atom. The van der Waals surface area contributed by atoms with Gasteiger partial charge in [0.05, 0.1) is 16.7 Å². The number of fused-ring (bicyclic) bond motifs is 2. The minimum Gasteiger partial charge on any atom is -0.352 e. The quantitative estimate of drug-likeness (QED) is 0.450. The van der Waals surface area contributed by atoms with Gasteiger partial charge in [0.25, 0.3) is 0 Å². The number of rotatable bonds is 3. The molecule has 1 amide bonds. The second-order valence-corrected chi connectivity index (χ2v) is 8.44. The van der Waals surface area contributed by atoms with Crippen molar-refractivity contribution in [2.45, 2.75) is 6.92 Å². The van der Waals surface area contributed by atoms with E-state index in [-0.39, 0.29) is 27.8 Å². The highest BCUT2D eigenvalue weighted by atomic mass is 35.5. The average molecular weight is 476 g/mol. The Labute approximate surface area is 199 Å². The maximum atomic E-state index is 16.1. The zero-order valence-corrected chi connectivity index (χ0v) is 19.0. The highest BCUT2D eigenvalue weighted by molar-refractivity contribution is 6.35. The van der Waals surface area contributed by atoms with Gasteiger partial charge in [0.15, 0.2) is 5.82 Å². The van der Waals surface area contributed by atoms with Gasteiger partial charge < -0.3 is 9.80 Å². The molecule has 3 heterocycles. The number of H-pyrrole nitrogens is 1. The molecule has 1 aliphatic rings. The van der Waals surface area contributed by atoms with E-state index in [0.29, 0.717) is 42.9 Å². The van der Waals surface area contributed by atoms with E-state index in [1.165, 1.54) is 6.08 Å². The topological polar surface area (TPSA) is 102 Å². The highest BCUT2D eigenvalue weighted by Gasteiger charge is 2.26. The van der Waals surface area contributed by atoms with E-state index in [4.69, 9.17) is 11.6 Å². The van der Waals surface area contributed by atoms with E-state index in [0.717, 1.165) is 16.5 Å². The molecule has 170 valence electrons. The van der Waals surface area contributed by atoms with Gasteiger partial charge in [-0.1, -0.05) is 24.2 Å². The maximum Gasteiger partial charge on any atom is 0.246 e. The monoisotopic (exact) mass is 475 g/mol. The van der Waals surface area contributed by atoms with Gasteiger partial charge in [-0.25, -0.2) is 14.4 Å². The Hall–Kier alpha value is -4.03. The van der Waals surface area contributed by atoms with Crippen LogP contribution in [0.5, 0.6) is 0 Å². The van der Waals surface area contributed by atoms with Gasteiger partial charge in [0.2, 0.25) is 11.7 Å². The molecule has 0 radical (unpaired) electrons. The lowest BCUT2D eigenvalue weighted by atomic mass is 9.95. The molecule has 34 heavy (non-hydrogen) atoms. The molecular formula is C24H19ClFN7O. The molecule has 5 rings (SSSR count). The first-order valence-electron chi connectivity index (χ1n) is 10.6. The van der Waals surface area contributed by atoms with Gasteiger partial charge in [0, 0.05) is 48.1 Å². The summed E-state index contributed by atoms with van der Waals surface area (Å²) in [4.78, 5) is 24.1. The number of nitrogens with zero attached hydrogens (tertiary/aromatic N) is 6. The molecule has 0 saturated carbocycles. The van der Waals surface area contributed by atoms with E-state index < -0.39 is 5.82 Å². The molecule has 4 aromatic rings. The van der Waals surface area contributed by atoms with Crippen LogP contribution >= 0.6 is 11.6 Å². The summed E-state index contributed by atoms with van der Waals surface area (Å²) in [5.41, 5.74) is 2.42. The van der Waals surface area contributed by atoms with Gasteiger partial charge >= 0.3 is 0 Å². The third kappa shape index (κ3) is 3.43. The molecule has 0 aliphatic carbocycles. The van der Waals surface area contributed by atoms with Gasteiger partial charge in [-0.05, 0) is 30.7 Å². The molecule has 0 spiro atoms. The Morgan fingerprint density at radius 1 is 1.24 bits per heavy atom. The van der Waals surface area contributed by atoms with Crippen LogP contribution in [0.15, 0.2) is 37.1 Å². The molecule has 1 saturated heterocycles. The average Bonchev–Trinajstić information content (AvgIpc) is 3.33. The van der Waals surface area contributed by atoms with E-state index in [9.17, 15) is 10.1 Å². The summed E-state index contributed by atoms with van der Waals surface area (Å²) in [5, 5.41) is 17.9. The summed E-state index contributed by atoms with van der Waals surface area (Å²) in [6.45, 7) is 7.23. The van der Waals surface area contributed by atoms with Crippen molar-refractivity contribution in [2.24, 2.45) is 0 Å². The standard InChI is InChI=1S/C24H19ClFN7O/c1-3-19(34)32-6-8-33(9-7-32)24-14-10-16(25)21(22(26)23(14)29-18(11-27)30-24)20-13(2)4-5-17-15(20)12-28-31-17/h3-5,10,12H,1,6-9H2,2H3,(H,28,31). The zero-order valence-electron chi connectivity index (χ0n) is 18.3. The summed E-state index contributed by atoms with van der Waals surface area (Å²) in [6.07, 6.45) is 2.91. The summed E-state index contributed by atoms with van der Waals surface area (Å²) in [7, 11) is 0. The fraction of sp³-hybridized carbons (Fsp3) is 0.208. The Kier molecular flexibility index (Phi) is 5.38. The summed E-state index contributed by atoms with van der Waals surface area (Å²) in [6, 6.07) is 7.32. The minimum atomic E-state index is -0.625. The van der Waals surface area contributed by atoms with Crippen LogP contribution in [0, 0.1) is 24.1 Å². The molecule has 0 bridgehead atoms. The zero-order chi connectivity index (χ0) is 24.0. The maximum absolute atomic E-state index is 16.1. The molecule has 2 aromatic heterocycles. The number of carbonyl (C=O) groups is 1. The predicted molar refractivity (Wildman–Crippen MR) is 128 cm³/mol. The molecule has 0 atom stereocenters. The second kappa shape index (κ2) is 8.39. The first-order chi connectivity index (χ1) is 16.4. The largest absolute Gasteiger partial charge is 0.352 e. The lowest BCUT2D eigenvalue weighted by molar-refractivity contribution is -0.126. The highest BCUT2D eigenvalue weighted by Crippen LogP contribution is 2.41. The number of halogens is 2. The van der Waals surface area contributed by atoms with Gasteiger partial charge in [-0.15, -0.1) is 0 Å². The molecule has 8 nitrogen and oxygen atoms in total. The Bertz CT molecular complexity index is 1520. The van der Waals surface area contributed by atoms with E-state index in [1.807, 2.05) is 30.0 Å². The van der Waals surface area contributed by atoms with E-state index in [1.54, 1.807) is 17.2 Å². The van der Waals surface area contributed by atoms with Crippen molar-refractivity contribution < 1.29 is 9.18 Å². The van der Waals surface area contributed by atoms with Crippen molar-refractivity contribution in [3.8, 4) is 17.2 Å². The second-order valence-electron chi connectivity index (χ2n) is 8.03. The number of carbonyl (C=O) groups excluding carboxylic acids is 1. The van der Waals surface area contributed by atoms with Crippen molar-refractivity contribution in [2.75, 3.05) is 31.1 Å². The number of nitriles is 1. The van der Waals surface area contributed by atoms with Gasteiger partial charge in [-0.3, -0.25) is 9.89 Å². The number of hydrogen-bond acceptors (Lipinski definition) is 6. The molecule has 1 aliphatic heterocycles. The third-order valence-electron chi connectivity index (χ3n) is 6.11. The molecule has 0 unspecified atom stereocenters. The van der Waals surface area contributed by atoms with Gasteiger partial charge in [-0.2, -0.15) is 10.4 Å². The molecule has 1 N–H and O–H groups in total. The fourth-order valence-corrected chi connectivity index (χ4v) is 4.71. The van der Waals surface area contributed by atoms with Crippen LogP contribution in [0.1, 0.15) is 11.4 Å². The van der Waals surface area contributed by atoms with Crippen LogP contribution in [-0.4, -0.2) is 57.2 Å². The van der Waals surface area contributed by atoms with Crippen LogP contribution in [0.2, 0.25) is 5.02 Å². The molecular weight excluding hydrogens is 457 g/mol. The molecule has 2 aromatic carbocycles. The number of benzene rings is 2. The SMILES string of the molecule is C=CC(=O)N1CCN(c2nc(C#N)nc3c(F)c(-c4c(C)ccc5[nH]ncc45)c(Cl)cc23)CC1. The number of piperazine rings is 1. The van der Waals surface area contributed by atoms with Crippen molar-refractivity contribution in [3.63, 3.8) is 0 Å². The van der Waals surface area contributed by atoms with Crippen LogP contribution in [-0.2, 0) is 4.79 Å². The Balaban J connectivity index is 1.69. The van der Waals surface area contributed by atoms with E-state index >= 15 is 4.39 Å². The van der Waals surface area contributed by atoms with Crippen LogP contribution in [0.3, 0.4) is 0 Å². The number of aryl methyl sites for hydroxylation is 1. The normalized spacial score (nSPS) is 13.9. The van der Waals surface area contributed by atoms with E-state index in [2.05, 4.69) is 26.7 Å². The number of hydrogen-bond donors (Lipinski definition) is 1. The van der Waals surface area contributed by atoms with Crippen molar-refractivity contribution >= 4 is 45.1 Å². The molecule has 1 fully saturated rings.